The number of fused-ring (bicyclic) bond motifs is 9. The van der Waals surface area contributed by atoms with Gasteiger partial charge in [-0.3, -0.25) is 0 Å². The Morgan fingerprint density at radius 2 is 0.805 bits per heavy atom. The van der Waals surface area contributed by atoms with Crippen molar-refractivity contribution in [1.29, 1.82) is 0 Å². The normalized spacial score (nSPS) is 13.5. The first-order valence-electron chi connectivity index (χ1n) is 28.1. The Balaban J connectivity index is 1.34. The molecular formula is C77H68. The first-order chi connectivity index (χ1) is 36.6. The molecule has 0 unspecified atom stereocenters. The van der Waals surface area contributed by atoms with Crippen LogP contribution in [0.1, 0.15) is 123 Å². The highest BCUT2D eigenvalue weighted by Crippen LogP contribution is 2.57. The molecule has 0 atom stereocenters. The molecule has 0 amide bonds. The van der Waals surface area contributed by atoms with Crippen LogP contribution in [-0.4, -0.2) is 0 Å². The van der Waals surface area contributed by atoms with Gasteiger partial charge in [0.1, 0.15) is 0 Å². The monoisotopic (exact) mass is 993 g/mol. The molecule has 14 aromatic rings. The van der Waals surface area contributed by atoms with E-state index in [-0.39, 0.29) is 21.7 Å². The number of allylic oxidation sites excluding steroid dienone is 1. The van der Waals surface area contributed by atoms with Crippen molar-refractivity contribution in [3.8, 4) is 22.3 Å². The third kappa shape index (κ3) is 6.83. The van der Waals surface area contributed by atoms with E-state index >= 15 is 0 Å². The minimum absolute atomic E-state index is 0.0510. The molecule has 14 aromatic carbocycles. The van der Waals surface area contributed by atoms with Gasteiger partial charge in [0, 0.05) is 0 Å². The summed E-state index contributed by atoms with van der Waals surface area (Å²) in [6.07, 6.45) is 6.48. The Bertz CT molecular complexity index is 4880. The second-order valence-corrected chi connectivity index (χ2v) is 26.9. The van der Waals surface area contributed by atoms with Crippen LogP contribution in [0.25, 0.3) is 153 Å². The van der Waals surface area contributed by atoms with Crippen LogP contribution in [0.5, 0.6) is 0 Å². The Kier molecular flexibility index (Phi) is 9.83. The molecule has 0 radical (unpaired) electrons. The summed E-state index contributed by atoms with van der Waals surface area (Å²) >= 11 is 0. The molecule has 376 valence electrons. The van der Waals surface area contributed by atoms with Gasteiger partial charge in [-0.25, -0.2) is 0 Å². The molecule has 0 saturated carbocycles. The van der Waals surface area contributed by atoms with Crippen LogP contribution >= 0.6 is 0 Å². The van der Waals surface area contributed by atoms with Crippen LogP contribution in [0.15, 0.2) is 158 Å². The van der Waals surface area contributed by atoms with E-state index in [4.69, 9.17) is 0 Å². The summed E-state index contributed by atoms with van der Waals surface area (Å²) in [6.45, 7) is 34.9. The molecule has 0 heteroatoms. The maximum atomic E-state index is 4.39. The Morgan fingerprint density at radius 3 is 1.36 bits per heavy atom. The Hall–Kier alpha value is -7.80. The van der Waals surface area contributed by atoms with Gasteiger partial charge < -0.3 is 0 Å². The molecule has 0 aliphatic carbocycles. The largest absolute Gasteiger partial charge is 0.0984 e. The molecule has 0 nitrogen and oxygen atoms in total. The molecule has 0 bridgehead atoms. The van der Waals surface area contributed by atoms with E-state index in [0.717, 1.165) is 0 Å². The van der Waals surface area contributed by atoms with Gasteiger partial charge in [-0.2, -0.15) is 0 Å². The Morgan fingerprint density at radius 1 is 0.312 bits per heavy atom. The lowest BCUT2D eigenvalue weighted by Gasteiger charge is -2.26. The highest BCUT2D eigenvalue weighted by Gasteiger charge is 2.31. The molecule has 0 N–H and O–H groups in total. The summed E-state index contributed by atoms with van der Waals surface area (Å²) in [5.74, 6) is 0. The SMILES string of the molecule is C=Cc1c(/C=C\C)cc2c3cc4c(-c5cc(C(C)(C)C)cc6ccc(C(C)(C)C)cc56)c5c6ccc7ccc8cccc9cc(c5c(-c5cc(C(C)(C)C)cc%10ccc(C(C)(C)C)cc5%10)c4cc3c3cccc1c32)c6c7c89. The topological polar surface area (TPSA) is 0 Å². The molecule has 0 aliphatic rings. The van der Waals surface area contributed by atoms with Crippen LogP contribution in [0, 0.1) is 0 Å². The predicted octanol–water partition coefficient (Wildman–Crippen LogP) is 22.9. The zero-order chi connectivity index (χ0) is 53.6. The van der Waals surface area contributed by atoms with E-state index < -0.39 is 0 Å². The average molecular weight is 993 g/mol. The molecule has 0 aromatic heterocycles. The fraction of sp³-hybridized carbons (Fsp3) is 0.221. The molecule has 0 spiro atoms. The van der Waals surface area contributed by atoms with Gasteiger partial charge in [-0.15, -0.1) is 0 Å². The number of hydrogen-bond donors (Lipinski definition) is 0. The molecule has 0 heterocycles. The second kappa shape index (κ2) is 15.9. The predicted molar refractivity (Wildman–Crippen MR) is 343 cm³/mol. The molecule has 0 aliphatic heterocycles. The van der Waals surface area contributed by atoms with Crippen molar-refractivity contribution in [1.82, 2.24) is 0 Å². The Labute approximate surface area is 453 Å². The highest BCUT2D eigenvalue weighted by atomic mass is 14.3. The third-order valence-corrected chi connectivity index (χ3v) is 17.9. The maximum Gasteiger partial charge on any atom is -0.000696 e. The second-order valence-electron chi connectivity index (χ2n) is 26.9. The fourth-order valence-electron chi connectivity index (χ4n) is 13.8. The van der Waals surface area contributed by atoms with E-state index in [0.29, 0.717) is 0 Å². The first kappa shape index (κ1) is 47.6. The number of benzene rings is 12. The van der Waals surface area contributed by atoms with Gasteiger partial charge in [0.05, 0.1) is 0 Å². The molecule has 0 fully saturated rings. The van der Waals surface area contributed by atoms with Crippen LogP contribution < -0.4 is 0 Å². The zero-order valence-corrected chi connectivity index (χ0v) is 47.3. The minimum atomic E-state index is -0.110. The summed E-state index contributed by atoms with van der Waals surface area (Å²) in [5.41, 5.74) is 12.7. The van der Waals surface area contributed by atoms with Crippen LogP contribution in [0.4, 0.5) is 0 Å². The summed E-state index contributed by atoms with van der Waals surface area (Å²) in [6, 6.07) is 58.5. The van der Waals surface area contributed by atoms with Crippen molar-refractivity contribution in [2.75, 3.05) is 0 Å². The number of rotatable bonds is 4. The summed E-state index contributed by atoms with van der Waals surface area (Å²) in [7, 11) is 0. The molecular weight excluding hydrogens is 925 g/mol. The van der Waals surface area contributed by atoms with Crippen molar-refractivity contribution in [3.05, 3.63) is 192 Å². The standard InChI is InChI=1S/C77H68/c1-15-19-44-34-60-59-41-64-63(40-58(59)54-23-18-22-53(68(54)60)52(44)16-2)71(62-39-51(77(12,13)14)33-46-27-30-49(37-57(46)62)75(6,7)8)73-65-35-47-21-17-20-42-24-25-43-28-31-55(69(65)67(43)66(42)47)72(73)70(64)61-38-50(76(9,10)11)32-45-26-29-48(36-56(45)61)74(3,4)5/h15-41H,2H2,1,3-14H3/b19-15-. The van der Waals surface area contributed by atoms with E-state index in [1.54, 1.807) is 0 Å². The summed E-state index contributed by atoms with van der Waals surface area (Å²) in [4.78, 5) is 0. The van der Waals surface area contributed by atoms with Crippen molar-refractivity contribution in [2.45, 2.75) is 112 Å². The van der Waals surface area contributed by atoms with Gasteiger partial charge in [-0.05, 0) is 239 Å². The lowest BCUT2D eigenvalue weighted by molar-refractivity contribution is 0.589. The lowest BCUT2D eigenvalue weighted by Crippen LogP contribution is -2.13. The quantitative estimate of drug-likeness (QED) is 0.154. The van der Waals surface area contributed by atoms with Crippen LogP contribution in [-0.2, 0) is 21.7 Å². The van der Waals surface area contributed by atoms with E-state index in [1.165, 1.54) is 174 Å². The maximum absolute atomic E-state index is 4.39. The van der Waals surface area contributed by atoms with Gasteiger partial charge >= 0.3 is 0 Å². The van der Waals surface area contributed by atoms with Crippen molar-refractivity contribution in [2.24, 2.45) is 0 Å². The van der Waals surface area contributed by atoms with Crippen molar-refractivity contribution >= 4 is 131 Å². The van der Waals surface area contributed by atoms with Crippen LogP contribution in [0.2, 0.25) is 0 Å². The molecule has 77 heavy (non-hydrogen) atoms. The lowest BCUT2D eigenvalue weighted by atomic mass is 9.77. The summed E-state index contributed by atoms with van der Waals surface area (Å²) < 4.78 is 0. The summed E-state index contributed by atoms with van der Waals surface area (Å²) in [5, 5.41) is 28.8. The number of hydrogen-bond acceptors (Lipinski definition) is 0. The van der Waals surface area contributed by atoms with Gasteiger partial charge in [0.25, 0.3) is 0 Å². The minimum Gasteiger partial charge on any atom is -0.0984 e. The molecule has 14 rings (SSSR count). The van der Waals surface area contributed by atoms with Crippen LogP contribution in [0.3, 0.4) is 0 Å². The van der Waals surface area contributed by atoms with Gasteiger partial charge in [0.2, 0.25) is 0 Å². The van der Waals surface area contributed by atoms with E-state index in [2.05, 4.69) is 260 Å². The van der Waals surface area contributed by atoms with E-state index in [1.807, 2.05) is 0 Å². The average Bonchev–Trinajstić information content (AvgIpc) is 4.14. The zero-order valence-electron chi connectivity index (χ0n) is 47.3. The first-order valence-corrected chi connectivity index (χ1v) is 28.1. The van der Waals surface area contributed by atoms with E-state index in [9.17, 15) is 0 Å². The van der Waals surface area contributed by atoms with Crippen molar-refractivity contribution < 1.29 is 0 Å². The third-order valence-electron chi connectivity index (χ3n) is 17.9. The van der Waals surface area contributed by atoms with Gasteiger partial charge in [0.15, 0.2) is 0 Å². The highest BCUT2D eigenvalue weighted by molar-refractivity contribution is 6.47. The fourth-order valence-corrected chi connectivity index (χ4v) is 13.8. The molecule has 0 saturated heterocycles. The van der Waals surface area contributed by atoms with Crippen molar-refractivity contribution in [3.63, 3.8) is 0 Å². The van der Waals surface area contributed by atoms with Gasteiger partial charge in [-0.1, -0.05) is 217 Å². The smallest absolute Gasteiger partial charge is 0.000696 e.